The fraction of sp³-hybridized carbons (Fsp3) is 0.455. The lowest BCUT2D eigenvalue weighted by molar-refractivity contribution is 0.631. The molecule has 0 aliphatic carbocycles. The van der Waals surface area contributed by atoms with Crippen molar-refractivity contribution in [3.8, 4) is 11.8 Å². The first-order valence-electron chi connectivity index (χ1n) is 9.22. The van der Waals surface area contributed by atoms with E-state index in [1.807, 2.05) is 7.05 Å². The largest absolute Gasteiger partial charge is 0.307 e. The first-order valence-corrected chi connectivity index (χ1v) is 11.3. The van der Waals surface area contributed by atoms with Gasteiger partial charge in [-0.1, -0.05) is 48.4 Å². The van der Waals surface area contributed by atoms with Gasteiger partial charge in [-0.25, -0.2) is 0 Å². The van der Waals surface area contributed by atoms with Crippen molar-refractivity contribution >= 4 is 34.3 Å². The molecule has 0 amide bonds. The van der Waals surface area contributed by atoms with E-state index < -0.39 is 0 Å². The van der Waals surface area contributed by atoms with Gasteiger partial charge in [-0.2, -0.15) is 0 Å². The molecule has 0 saturated carbocycles. The van der Waals surface area contributed by atoms with Crippen molar-refractivity contribution < 1.29 is 0 Å². The molecular weight excluding hydrogens is 342 g/mol. The molecule has 0 spiro atoms. The van der Waals surface area contributed by atoms with Crippen molar-refractivity contribution in [3.05, 3.63) is 48.0 Å². The number of benzene rings is 2. The fourth-order valence-electron chi connectivity index (χ4n) is 3.19. The van der Waals surface area contributed by atoms with E-state index >= 15 is 0 Å². The van der Waals surface area contributed by atoms with Crippen molar-refractivity contribution in [2.45, 2.75) is 42.7 Å². The summed E-state index contributed by atoms with van der Waals surface area (Å²) in [5.74, 6) is 9.52. The maximum absolute atomic E-state index is 3.45. The van der Waals surface area contributed by atoms with Crippen LogP contribution in [0.25, 0.3) is 10.8 Å². The first-order chi connectivity index (χ1) is 12.4. The van der Waals surface area contributed by atoms with E-state index in [2.05, 4.69) is 83.1 Å². The third kappa shape index (κ3) is 5.71. The maximum atomic E-state index is 3.45. The van der Waals surface area contributed by atoms with Crippen LogP contribution >= 0.6 is 23.5 Å². The van der Waals surface area contributed by atoms with Crippen molar-refractivity contribution in [2.75, 3.05) is 18.6 Å². The van der Waals surface area contributed by atoms with Crippen LogP contribution in [0.3, 0.4) is 0 Å². The minimum Gasteiger partial charge on any atom is -0.307 e. The highest BCUT2D eigenvalue weighted by Crippen LogP contribution is 2.33. The predicted octanol–water partition coefficient (Wildman–Crippen LogP) is 5.34. The zero-order chi connectivity index (χ0) is 17.3. The molecule has 1 unspecified atom stereocenters. The van der Waals surface area contributed by atoms with Gasteiger partial charge in [0, 0.05) is 6.42 Å². The second-order valence-electron chi connectivity index (χ2n) is 6.40. The van der Waals surface area contributed by atoms with Crippen molar-refractivity contribution in [1.29, 1.82) is 0 Å². The summed E-state index contributed by atoms with van der Waals surface area (Å²) in [4.78, 5) is 0. The summed E-state index contributed by atoms with van der Waals surface area (Å²) in [5.41, 5.74) is 1.43. The SMILES string of the molecule is CNC(C#CCCC1SCCCS1)CCc1cccc2ccccc12. The minimum absolute atomic E-state index is 0.283. The molecule has 1 aliphatic heterocycles. The lowest BCUT2D eigenvalue weighted by Crippen LogP contribution is -2.23. The van der Waals surface area contributed by atoms with E-state index in [0.29, 0.717) is 0 Å². The van der Waals surface area contributed by atoms with Crippen LogP contribution in [0.2, 0.25) is 0 Å². The van der Waals surface area contributed by atoms with Crippen LogP contribution in [0.15, 0.2) is 42.5 Å². The van der Waals surface area contributed by atoms with Crippen molar-refractivity contribution in [1.82, 2.24) is 5.32 Å². The second kappa shape index (κ2) is 10.2. The fourth-order valence-corrected chi connectivity index (χ4v) is 6.05. The predicted molar refractivity (Wildman–Crippen MR) is 115 cm³/mol. The quantitative estimate of drug-likeness (QED) is 0.690. The Kier molecular flexibility index (Phi) is 7.60. The molecule has 3 heteroatoms. The van der Waals surface area contributed by atoms with Crippen LogP contribution < -0.4 is 5.32 Å². The topological polar surface area (TPSA) is 12.0 Å². The van der Waals surface area contributed by atoms with E-state index in [0.717, 1.165) is 23.8 Å². The summed E-state index contributed by atoms with van der Waals surface area (Å²) in [7, 11) is 2.02. The van der Waals surface area contributed by atoms with E-state index in [1.165, 1.54) is 40.7 Å². The highest BCUT2D eigenvalue weighted by molar-refractivity contribution is 8.17. The van der Waals surface area contributed by atoms with Gasteiger partial charge in [0.2, 0.25) is 0 Å². The lowest BCUT2D eigenvalue weighted by Gasteiger charge is -2.19. The Morgan fingerprint density at radius 2 is 1.92 bits per heavy atom. The molecular formula is C22H27NS2. The number of thioether (sulfide) groups is 2. The molecule has 2 aromatic carbocycles. The second-order valence-corrected chi connectivity index (χ2v) is 9.32. The molecule has 3 rings (SSSR count). The lowest BCUT2D eigenvalue weighted by atomic mass is 9.99. The van der Waals surface area contributed by atoms with Gasteiger partial charge in [0.05, 0.1) is 10.6 Å². The summed E-state index contributed by atoms with van der Waals surface area (Å²) < 4.78 is 0.770. The number of fused-ring (bicyclic) bond motifs is 1. The highest BCUT2D eigenvalue weighted by Gasteiger charge is 2.13. The Morgan fingerprint density at radius 1 is 1.12 bits per heavy atom. The van der Waals surface area contributed by atoms with Crippen LogP contribution in [-0.2, 0) is 6.42 Å². The summed E-state index contributed by atoms with van der Waals surface area (Å²) in [6.45, 7) is 0. The van der Waals surface area contributed by atoms with E-state index in [4.69, 9.17) is 0 Å². The van der Waals surface area contributed by atoms with Gasteiger partial charge >= 0.3 is 0 Å². The van der Waals surface area contributed by atoms with Crippen LogP contribution in [-0.4, -0.2) is 29.2 Å². The average molecular weight is 370 g/mol. The number of rotatable bonds is 6. The monoisotopic (exact) mass is 369 g/mol. The normalized spacial score (nSPS) is 16.4. The Morgan fingerprint density at radius 3 is 2.76 bits per heavy atom. The molecule has 2 aromatic rings. The number of hydrogen-bond donors (Lipinski definition) is 1. The number of nitrogens with one attached hydrogen (secondary N) is 1. The number of aryl methyl sites for hydroxylation is 1. The highest BCUT2D eigenvalue weighted by atomic mass is 32.2. The van der Waals surface area contributed by atoms with Gasteiger partial charge in [-0.15, -0.1) is 29.4 Å². The molecule has 25 heavy (non-hydrogen) atoms. The molecule has 1 N–H and O–H groups in total. The summed E-state index contributed by atoms with van der Waals surface area (Å²) in [6, 6.07) is 15.5. The van der Waals surface area contributed by atoms with Gasteiger partial charge < -0.3 is 5.32 Å². The van der Waals surface area contributed by atoms with E-state index in [-0.39, 0.29) is 6.04 Å². The van der Waals surface area contributed by atoms with E-state index in [9.17, 15) is 0 Å². The average Bonchev–Trinajstić information content (AvgIpc) is 2.68. The molecule has 1 fully saturated rings. The zero-order valence-electron chi connectivity index (χ0n) is 15.0. The molecule has 0 aromatic heterocycles. The van der Waals surface area contributed by atoms with Crippen molar-refractivity contribution in [3.63, 3.8) is 0 Å². The third-order valence-electron chi connectivity index (χ3n) is 4.61. The van der Waals surface area contributed by atoms with E-state index in [1.54, 1.807) is 0 Å². The Labute approximate surface area is 160 Å². The van der Waals surface area contributed by atoms with Gasteiger partial charge in [-0.3, -0.25) is 0 Å². The standard InChI is InChI=1S/C22H27NS2/c1-23-20(11-3-5-13-22-24-16-7-17-25-22)15-14-19-10-6-9-18-8-2-4-12-21(18)19/h2,4,6,8-10,12,20,22-23H,5,7,13-17H2,1H3. The molecule has 1 atom stereocenters. The van der Waals surface area contributed by atoms with Crippen molar-refractivity contribution in [2.24, 2.45) is 0 Å². The van der Waals surface area contributed by atoms with Gasteiger partial charge in [-0.05, 0) is 60.6 Å². The molecule has 1 aliphatic rings. The maximum Gasteiger partial charge on any atom is 0.0690 e. The van der Waals surface area contributed by atoms with Crippen LogP contribution in [0.4, 0.5) is 0 Å². The van der Waals surface area contributed by atoms with Gasteiger partial charge in [0.25, 0.3) is 0 Å². The zero-order valence-corrected chi connectivity index (χ0v) is 16.6. The smallest absolute Gasteiger partial charge is 0.0690 e. The molecule has 1 saturated heterocycles. The molecule has 0 radical (unpaired) electrons. The first kappa shape index (κ1) is 18.7. The summed E-state index contributed by atoms with van der Waals surface area (Å²) in [6.07, 6.45) is 5.74. The molecule has 1 heterocycles. The molecule has 0 bridgehead atoms. The molecule has 132 valence electrons. The Balaban J connectivity index is 1.51. The Hall–Kier alpha value is -1.08. The molecule has 1 nitrogen and oxygen atoms in total. The Bertz CT molecular complexity index is 720. The summed E-state index contributed by atoms with van der Waals surface area (Å²) in [5, 5.41) is 6.08. The van der Waals surface area contributed by atoms with Gasteiger partial charge in [0.1, 0.15) is 0 Å². The number of hydrogen-bond acceptors (Lipinski definition) is 3. The third-order valence-corrected chi connectivity index (χ3v) is 7.69. The van der Waals surface area contributed by atoms with Crippen LogP contribution in [0.5, 0.6) is 0 Å². The minimum atomic E-state index is 0.283. The van der Waals surface area contributed by atoms with Crippen LogP contribution in [0.1, 0.15) is 31.2 Å². The summed E-state index contributed by atoms with van der Waals surface area (Å²) >= 11 is 4.23. The van der Waals surface area contributed by atoms with Gasteiger partial charge in [0.15, 0.2) is 0 Å². The van der Waals surface area contributed by atoms with Crippen LogP contribution in [0, 0.1) is 11.8 Å².